The zero-order chi connectivity index (χ0) is 16.1. The van der Waals surface area contributed by atoms with Crippen LogP contribution in [0.1, 0.15) is 30.6 Å². The Labute approximate surface area is 135 Å². The molecule has 3 aromatic rings. The van der Waals surface area contributed by atoms with Crippen LogP contribution in [0.15, 0.2) is 69.9 Å². The number of amides is 1. The van der Waals surface area contributed by atoms with Gasteiger partial charge in [0.15, 0.2) is 0 Å². The van der Waals surface area contributed by atoms with Gasteiger partial charge in [-0.1, -0.05) is 37.3 Å². The van der Waals surface area contributed by atoms with E-state index in [1.54, 1.807) is 12.5 Å². The maximum atomic E-state index is 12.4. The molecule has 118 valence electrons. The topological polar surface area (TPSA) is 55.4 Å². The molecule has 0 spiro atoms. The zero-order valence-electron chi connectivity index (χ0n) is 13.0. The lowest BCUT2D eigenvalue weighted by molar-refractivity contribution is -0.122. The Morgan fingerprint density at radius 3 is 2.65 bits per heavy atom. The summed E-state index contributed by atoms with van der Waals surface area (Å²) >= 11 is 0. The van der Waals surface area contributed by atoms with Gasteiger partial charge in [0.1, 0.15) is 17.8 Å². The van der Waals surface area contributed by atoms with E-state index in [4.69, 9.17) is 8.83 Å². The van der Waals surface area contributed by atoms with Gasteiger partial charge in [-0.3, -0.25) is 4.79 Å². The van der Waals surface area contributed by atoms with Gasteiger partial charge >= 0.3 is 0 Å². The van der Waals surface area contributed by atoms with Crippen molar-refractivity contribution < 1.29 is 13.6 Å². The molecule has 0 saturated heterocycles. The third-order valence-electron chi connectivity index (χ3n) is 3.83. The SMILES string of the molecule is CC[C@H](C(=O)NCc1ccc(-c2ccoc2)o1)c1ccccc1. The second-order valence-electron chi connectivity index (χ2n) is 5.37. The van der Waals surface area contributed by atoms with Gasteiger partial charge in [0.2, 0.25) is 5.91 Å². The first kappa shape index (κ1) is 15.2. The summed E-state index contributed by atoms with van der Waals surface area (Å²) in [7, 11) is 0. The summed E-state index contributed by atoms with van der Waals surface area (Å²) in [5.74, 6) is 1.33. The number of furan rings is 2. The van der Waals surface area contributed by atoms with Crippen molar-refractivity contribution >= 4 is 5.91 Å². The van der Waals surface area contributed by atoms with Gasteiger partial charge in [-0.2, -0.15) is 0 Å². The first-order valence-electron chi connectivity index (χ1n) is 7.72. The Kier molecular flexibility index (Phi) is 4.62. The van der Waals surface area contributed by atoms with Crippen LogP contribution in [0.2, 0.25) is 0 Å². The van der Waals surface area contributed by atoms with Crippen LogP contribution in [0.25, 0.3) is 11.3 Å². The molecule has 2 aromatic heterocycles. The molecule has 0 bridgehead atoms. The lowest BCUT2D eigenvalue weighted by Crippen LogP contribution is -2.28. The molecule has 1 aromatic carbocycles. The molecule has 1 atom stereocenters. The van der Waals surface area contributed by atoms with Gasteiger partial charge in [-0.15, -0.1) is 0 Å². The normalized spacial score (nSPS) is 12.0. The third kappa shape index (κ3) is 3.54. The van der Waals surface area contributed by atoms with E-state index in [0.717, 1.165) is 29.1 Å². The fraction of sp³-hybridized carbons (Fsp3) is 0.211. The number of hydrogen-bond donors (Lipinski definition) is 1. The Balaban J connectivity index is 1.62. The lowest BCUT2D eigenvalue weighted by atomic mass is 9.96. The van der Waals surface area contributed by atoms with Crippen LogP contribution in [-0.4, -0.2) is 5.91 Å². The average molecular weight is 309 g/mol. The summed E-state index contributed by atoms with van der Waals surface area (Å²) in [5, 5.41) is 2.95. The van der Waals surface area contributed by atoms with Gasteiger partial charge in [0.25, 0.3) is 0 Å². The van der Waals surface area contributed by atoms with Gasteiger partial charge in [-0.05, 0) is 30.2 Å². The third-order valence-corrected chi connectivity index (χ3v) is 3.83. The standard InChI is InChI=1S/C19H19NO3/c1-2-17(14-6-4-3-5-7-14)19(21)20-12-16-8-9-18(23-16)15-10-11-22-13-15/h3-11,13,17H,2,12H2,1H3,(H,20,21)/t17-/m0/s1. The van der Waals surface area contributed by atoms with Crippen LogP contribution in [0.5, 0.6) is 0 Å². The van der Waals surface area contributed by atoms with Gasteiger partial charge in [0, 0.05) is 0 Å². The summed E-state index contributed by atoms with van der Waals surface area (Å²) < 4.78 is 10.8. The second-order valence-corrected chi connectivity index (χ2v) is 5.37. The molecular formula is C19H19NO3. The molecule has 0 aliphatic heterocycles. The van der Waals surface area contributed by atoms with E-state index in [9.17, 15) is 4.79 Å². The molecule has 0 aliphatic rings. The highest BCUT2D eigenvalue weighted by Gasteiger charge is 2.18. The Morgan fingerprint density at radius 1 is 1.13 bits per heavy atom. The number of nitrogens with one attached hydrogen (secondary N) is 1. The average Bonchev–Trinajstić information content (AvgIpc) is 3.26. The van der Waals surface area contributed by atoms with Crippen LogP contribution >= 0.6 is 0 Å². The number of carbonyl (C=O) groups is 1. The minimum absolute atomic E-state index is 0.0139. The van der Waals surface area contributed by atoms with E-state index in [-0.39, 0.29) is 11.8 Å². The number of carbonyl (C=O) groups excluding carboxylic acids is 1. The van der Waals surface area contributed by atoms with Crippen molar-refractivity contribution in [2.75, 3.05) is 0 Å². The molecule has 23 heavy (non-hydrogen) atoms. The molecule has 0 unspecified atom stereocenters. The minimum atomic E-state index is -0.139. The highest BCUT2D eigenvalue weighted by atomic mass is 16.3. The van der Waals surface area contributed by atoms with Crippen molar-refractivity contribution in [1.82, 2.24) is 5.32 Å². The predicted molar refractivity (Wildman–Crippen MR) is 87.7 cm³/mol. The van der Waals surface area contributed by atoms with E-state index in [1.807, 2.05) is 55.5 Å². The van der Waals surface area contributed by atoms with E-state index in [0.29, 0.717) is 6.54 Å². The summed E-state index contributed by atoms with van der Waals surface area (Å²) in [6.45, 7) is 2.39. The maximum absolute atomic E-state index is 12.4. The Morgan fingerprint density at radius 2 is 1.96 bits per heavy atom. The van der Waals surface area contributed by atoms with Crippen LogP contribution < -0.4 is 5.32 Å². The van der Waals surface area contributed by atoms with Crippen LogP contribution in [-0.2, 0) is 11.3 Å². The van der Waals surface area contributed by atoms with E-state index >= 15 is 0 Å². The molecule has 0 fully saturated rings. The fourth-order valence-corrected chi connectivity index (χ4v) is 2.59. The van der Waals surface area contributed by atoms with E-state index in [2.05, 4.69) is 5.32 Å². The molecule has 0 radical (unpaired) electrons. The van der Waals surface area contributed by atoms with Crippen LogP contribution in [0.3, 0.4) is 0 Å². The molecular weight excluding hydrogens is 290 g/mol. The van der Waals surface area contributed by atoms with Crippen molar-refractivity contribution in [3.8, 4) is 11.3 Å². The smallest absolute Gasteiger partial charge is 0.227 e. The molecule has 0 aliphatic carbocycles. The monoisotopic (exact) mass is 309 g/mol. The van der Waals surface area contributed by atoms with Crippen LogP contribution in [0.4, 0.5) is 0 Å². The lowest BCUT2D eigenvalue weighted by Gasteiger charge is -2.14. The summed E-state index contributed by atoms with van der Waals surface area (Å²) in [5.41, 5.74) is 1.92. The molecule has 1 amide bonds. The minimum Gasteiger partial charge on any atom is -0.472 e. The van der Waals surface area contributed by atoms with Gasteiger partial charge in [-0.25, -0.2) is 0 Å². The van der Waals surface area contributed by atoms with E-state index in [1.165, 1.54) is 0 Å². The first-order chi connectivity index (χ1) is 11.3. The molecule has 3 rings (SSSR count). The summed E-state index contributed by atoms with van der Waals surface area (Å²) in [4.78, 5) is 12.4. The number of rotatable bonds is 6. The van der Waals surface area contributed by atoms with E-state index < -0.39 is 0 Å². The molecule has 1 N–H and O–H groups in total. The predicted octanol–water partition coefficient (Wildman–Crippen LogP) is 4.35. The molecule has 0 saturated carbocycles. The number of benzene rings is 1. The quantitative estimate of drug-likeness (QED) is 0.736. The first-order valence-corrected chi connectivity index (χ1v) is 7.72. The number of hydrogen-bond acceptors (Lipinski definition) is 3. The fourth-order valence-electron chi connectivity index (χ4n) is 2.59. The van der Waals surface area contributed by atoms with Crippen molar-refractivity contribution in [3.63, 3.8) is 0 Å². The molecule has 4 heteroatoms. The largest absolute Gasteiger partial charge is 0.472 e. The Bertz CT molecular complexity index is 744. The molecule has 4 nitrogen and oxygen atoms in total. The molecule has 2 heterocycles. The van der Waals surface area contributed by atoms with Crippen LogP contribution in [0, 0.1) is 0 Å². The van der Waals surface area contributed by atoms with Crippen molar-refractivity contribution in [2.45, 2.75) is 25.8 Å². The van der Waals surface area contributed by atoms with Crippen molar-refractivity contribution in [3.05, 3.63) is 72.4 Å². The highest BCUT2D eigenvalue weighted by molar-refractivity contribution is 5.83. The second kappa shape index (κ2) is 7.01. The van der Waals surface area contributed by atoms with Crippen molar-refractivity contribution in [2.24, 2.45) is 0 Å². The summed E-state index contributed by atoms with van der Waals surface area (Å²) in [6.07, 6.45) is 3.99. The summed E-state index contributed by atoms with van der Waals surface area (Å²) in [6, 6.07) is 15.4. The van der Waals surface area contributed by atoms with Crippen molar-refractivity contribution in [1.29, 1.82) is 0 Å². The highest BCUT2D eigenvalue weighted by Crippen LogP contribution is 2.23. The Hall–Kier alpha value is -2.75. The maximum Gasteiger partial charge on any atom is 0.227 e. The van der Waals surface area contributed by atoms with Gasteiger partial charge < -0.3 is 14.2 Å². The van der Waals surface area contributed by atoms with Gasteiger partial charge in [0.05, 0.1) is 24.3 Å². The zero-order valence-corrected chi connectivity index (χ0v) is 13.0.